The second kappa shape index (κ2) is 7.32. The van der Waals surface area contributed by atoms with E-state index in [4.69, 9.17) is 0 Å². The topological polar surface area (TPSA) is 0 Å². The zero-order valence-corrected chi connectivity index (χ0v) is 15.4. The summed E-state index contributed by atoms with van der Waals surface area (Å²) in [7, 11) is 0. The first-order chi connectivity index (χ1) is 9.25. The Hall–Kier alpha value is 0. The van der Waals surface area contributed by atoms with Crippen LogP contribution in [0.4, 0.5) is 0 Å². The minimum absolute atomic E-state index is 0.491. The molecule has 1 aliphatic rings. The molecule has 0 aromatic heterocycles. The predicted molar refractivity (Wildman–Crippen MR) is 92.0 cm³/mol. The lowest BCUT2D eigenvalue weighted by atomic mass is 9.58. The molecule has 0 spiro atoms. The third-order valence-corrected chi connectivity index (χ3v) is 6.54. The average Bonchev–Trinajstić information content (AvgIpc) is 2.33. The normalized spacial score (nSPS) is 33.0. The van der Waals surface area contributed by atoms with Gasteiger partial charge in [-0.3, -0.25) is 0 Å². The van der Waals surface area contributed by atoms with E-state index in [0.29, 0.717) is 10.8 Å². The van der Waals surface area contributed by atoms with E-state index in [1.807, 2.05) is 0 Å². The second-order valence-electron chi connectivity index (χ2n) is 8.83. The summed E-state index contributed by atoms with van der Waals surface area (Å²) in [6, 6.07) is 0. The fraction of sp³-hybridized carbons (Fsp3) is 1.00. The van der Waals surface area contributed by atoms with Crippen LogP contribution in [0.3, 0.4) is 0 Å². The fourth-order valence-corrected chi connectivity index (χ4v) is 5.22. The van der Waals surface area contributed by atoms with E-state index in [1.54, 1.807) is 0 Å². The molecule has 0 aromatic carbocycles. The quantitative estimate of drug-likeness (QED) is 0.504. The highest BCUT2D eigenvalue weighted by Crippen LogP contribution is 2.50. The van der Waals surface area contributed by atoms with Gasteiger partial charge in [-0.2, -0.15) is 0 Å². The lowest BCUT2D eigenvalue weighted by molar-refractivity contribution is 0.0341. The van der Waals surface area contributed by atoms with Crippen molar-refractivity contribution >= 4 is 0 Å². The molecule has 0 aromatic rings. The Morgan fingerprint density at radius 2 is 1.60 bits per heavy atom. The Morgan fingerprint density at radius 1 is 1.05 bits per heavy atom. The third kappa shape index (κ3) is 4.50. The van der Waals surface area contributed by atoms with Crippen molar-refractivity contribution in [2.45, 2.75) is 99.8 Å². The van der Waals surface area contributed by atoms with Crippen LogP contribution in [0.5, 0.6) is 0 Å². The van der Waals surface area contributed by atoms with Gasteiger partial charge in [0.1, 0.15) is 0 Å². The van der Waals surface area contributed by atoms with Gasteiger partial charge in [-0.15, -0.1) is 0 Å². The summed E-state index contributed by atoms with van der Waals surface area (Å²) in [6.07, 6.45) is 11.3. The van der Waals surface area contributed by atoms with Crippen LogP contribution in [0.1, 0.15) is 99.8 Å². The van der Waals surface area contributed by atoms with Gasteiger partial charge < -0.3 is 0 Å². The highest BCUT2D eigenvalue weighted by Gasteiger charge is 2.40. The first-order valence-electron chi connectivity index (χ1n) is 9.25. The van der Waals surface area contributed by atoms with Crippen molar-refractivity contribution in [2.75, 3.05) is 0 Å². The van der Waals surface area contributed by atoms with Crippen molar-refractivity contribution in [3.63, 3.8) is 0 Å². The van der Waals surface area contributed by atoms with E-state index in [-0.39, 0.29) is 0 Å². The predicted octanol–water partition coefficient (Wildman–Crippen LogP) is 7.08. The monoisotopic (exact) mass is 280 g/mol. The largest absolute Gasteiger partial charge is 0.0651 e. The summed E-state index contributed by atoms with van der Waals surface area (Å²) in [4.78, 5) is 0. The van der Waals surface area contributed by atoms with Crippen LogP contribution in [0, 0.1) is 28.6 Å². The van der Waals surface area contributed by atoms with Crippen LogP contribution in [0.25, 0.3) is 0 Å². The molecule has 3 unspecified atom stereocenters. The SMILES string of the molecule is CCC(CC)C(C)(C)CC1(C)CC(C)CCCCC1C. The van der Waals surface area contributed by atoms with Gasteiger partial charge in [0.2, 0.25) is 0 Å². The zero-order chi connectivity index (χ0) is 15.4. The second-order valence-corrected chi connectivity index (χ2v) is 8.83. The van der Waals surface area contributed by atoms with Crippen LogP contribution in [0.2, 0.25) is 0 Å². The number of hydrogen-bond donors (Lipinski definition) is 0. The zero-order valence-electron chi connectivity index (χ0n) is 15.4. The molecule has 0 aliphatic heterocycles. The van der Waals surface area contributed by atoms with E-state index in [9.17, 15) is 0 Å². The molecule has 0 radical (unpaired) electrons. The molecular formula is C20H40. The standard InChI is InChI=1S/C20H40/c1-8-18(9-2)19(5,6)15-20(7)14-16(3)12-10-11-13-17(20)4/h16-18H,8-15H2,1-7H3. The van der Waals surface area contributed by atoms with Gasteiger partial charge in [0.25, 0.3) is 0 Å². The van der Waals surface area contributed by atoms with Crippen molar-refractivity contribution in [3.05, 3.63) is 0 Å². The Morgan fingerprint density at radius 3 is 2.15 bits per heavy atom. The van der Waals surface area contributed by atoms with E-state index < -0.39 is 0 Å². The van der Waals surface area contributed by atoms with Crippen LogP contribution in [-0.2, 0) is 0 Å². The minimum Gasteiger partial charge on any atom is -0.0651 e. The van der Waals surface area contributed by atoms with E-state index in [0.717, 1.165) is 17.8 Å². The Balaban J connectivity index is 2.87. The summed E-state index contributed by atoms with van der Waals surface area (Å²) < 4.78 is 0. The first kappa shape index (κ1) is 18.1. The molecule has 3 atom stereocenters. The van der Waals surface area contributed by atoms with Gasteiger partial charge in [0.15, 0.2) is 0 Å². The van der Waals surface area contributed by atoms with Gasteiger partial charge >= 0.3 is 0 Å². The van der Waals surface area contributed by atoms with E-state index in [1.165, 1.54) is 51.4 Å². The van der Waals surface area contributed by atoms with E-state index >= 15 is 0 Å². The summed E-state index contributed by atoms with van der Waals surface area (Å²) in [5.41, 5.74) is 1.04. The molecule has 1 saturated carbocycles. The maximum atomic E-state index is 2.60. The number of hydrogen-bond acceptors (Lipinski definition) is 0. The molecule has 1 fully saturated rings. The van der Waals surface area contributed by atoms with Crippen molar-refractivity contribution in [1.29, 1.82) is 0 Å². The minimum atomic E-state index is 0.491. The molecule has 0 bridgehead atoms. The molecule has 0 N–H and O–H groups in total. The maximum Gasteiger partial charge on any atom is -0.0292 e. The van der Waals surface area contributed by atoms with Gasteiger partial charge in [-0.25, -0.2) is 0 Å². The molecule has 0 amide bonds. The summed E-state index contributed by atoms with van der Waals surface area (Å²) in [6.45, 7) is 17.4. The van der Waals surface area contributed by atoms with Gasteiger partial charge in [0, 0.05) is 0 Å². The van der Waals surface area contributed by atoms with Crippen molar-refractivity contribution in [1.82, 2.24) is 0 Å². The van der Waals surface area contributed by atoms with Crippen LogP contribution < -0.4 is 0 Å². The average molecular weight is 281 g/mol. The molecule has 0 heteroatoms. The molecule has 0 saturated heterocycles. The van der Waals surface area contributed by atoms with Gasteiger partial charge in [-0.05, 0) is 41.4 Å². The Bertz CT molecular complexity index is 274. The Kier molecular flexibility index (Phi) is 6.61. The summed E-state index contributed by atoms with van der Waals surface area (Å²) >= 11 is 0. The summed E-state index contributed by atoms with van der Waals surface area (Å²) in [5, 5.41) is 0. The van der Waals surface area contributed by atoms with Crippen LogP contribution in [-0.4, -0.2) is 0 Å². The summed E-state index contributed by atoms with van der Waals surface area (Å²) in [5.74, 6) is 2.69. The fourth-order valence-electron chi connectivity index (χ4n) is 5.22. The lowest BCUT2D eigenvalue weighted by Crippen LogP contribution is -2.37. The maximum absolute atomic E-state index is 2.60. The molecule has 1 rings (SSSR count). The third-order valence-electron chi connectivity index (χ3n) is 6.54. The van der Waals surface area contributed by atoms with Gasteiger partial charge in [-0.1, -0.05) is 87.0 Å². The lowest BCUT2D eigenvalue weighted by Gasteiger charge is -2.47. The van der Waals surface area contributed by atoms with Crippen molar-refractivity contribution in [2.24, 2.45) is 28.6 Å². The highest BCUT2D eigenvalue weighted by atomic mass is 14.5. The molecular weight excluding hydrogens is 240 g/mol. The Labute approximate surface area is 129 Å². The molecule has 20 heavy (non-hydrogen) atoms. The number of rotatable bonds is 5. The van der Waals surface area contributed by atoms with E-state index in [2.05, 4.69) is 48.5 Å². The van der Waals surface area contributed by atoms with Crippen molar-refractivity contribution < 1.29 is 0 Å². The molecule has 0 nitrogen and oxygen atoms in total. The first-order valence-corrected chi connectivity index (χ1v) is 9.25. The van der Waals surface area contributed by atoms with Gasteiger partial charge in [0.05, 0.1) is 0 Å². The highest BCUT2D eigenvalue weighted by molar-refractivity contribution is 4.90. The molecule has 0 heterocycles. The smallest absolute Gasteiger partial charge is 0.0292 e. The van der Waals surface area contributed by atoms with Crippen LogP contribution in [0.15, 0.2) is 0 Å². The molecule has 120 valence electrons. The van der Waals surface area contributed by atoms with Crippen molar-refractivity contribution in [3.8, 4) is 0 Å². The van der Waals surface area contributed by atoms with Crippen LogP contribution >= 0.6 is 0 Å². The molecule has 1 aliphatic carbocycles.